The average Bonchev–Trinajstić information content (AvgIpc) is 2.29. The highest BCUT2D eigenvalue weighted by atomic mass is 15.1. The fraction of sp³-hybridized carbons (Fsp3) is 1.00. The van der Waals surface area contributed by atoms with Crippen molar-refractivity contribution in [2.75, 3.05) is 14.1 Å². The molecule has 96 valence electrons. The van der Waals surface area contributed by atoms with Crippen LogP contribution in [0.4, 0.5) is 0 Å². The average molecular weight is 225 g/mol. The second kappa shape index (κ2) is 8.11. The highest BCUT2D eigenvalue weighted by Crippen LogP contribution is 2.30. The van der Waals surface area contributed by atoms with Gasteiger partial charge in [-0.05, 0) is 45.7 Å². The van der Waals surface area contributed by atoms with Crippen molar-refractivity contribution in [2.24, 2.45) is 5.92 Å². The molecule has 1 saturated carbocycles. The number of hydrogen-bond acceptors (Lipinski definition) is 1. The summed E-state index contributed by atoms with van der Waals surface area (Å²) >= 11 is 0. The van der Waals surface area contributed by atoms with Crippen LogP contribution in [0.25, 0.3) is 0 Å². The Balaban J connectivity index is 1.99. The van der Waals surface area contributed by atoms with Gasteiger partial charge in [-0.15, -0.1) is 0 Å². The van der Waals surface area contributed by atoms with E-state index in [2.05, 4.69) is 25.9 Å². The van der Waals surface area contributed by atoms with Gasteiger partial charge in [0.25, 0.3) is 0 Å². The number of nitrogens with zero attached hydrogens (tertiary/aromatic N) is 1. The van der Waals surface area contributed by atoms with Gasteiger partial charge < -0.3 is 4.90 Å². The summed E-state index contributed by atoms with van der Waals surface area (Å²) in [6.45, 7) is 2.29. The van der Waals surface area contributed by atoms with Crippen LogP contribution >= 0.6 is 0 Å². The Kier molecular flexibility index (Phi) is 7.11. The van der Waals surface area contributed by atoms with Crippen LogP contribution in [0.3, 0.4) is 0 Å². The molecule has 0 radical (unpaired) electrons. The topological polar surface area (TPSA) is 3.24 Å². The predicted octanol–water partition coefficient (Wildman–Crippen LogP) is 4.47. The van der Waals surface area contributed by atoms with Gasteiger partial charge in [0.05, 0.1) is 0 Å². The summed E-state index contributed by atoms with van der Waals surface area (Å²) in [7, 11) is 4.46. The van der Waals surface area contributed by atoms with E-state index in [0.29, 0.717) is 0 Å². The minimum absolute atomic E-state index is 0.872. The Hall–Kier alpha value is -0.0400. The smallest absolute Gasteiger partial charge is 0.00893 e. The normalized spacial score (nSPS) is 26.2. The fourth-order valence-electron chi connectivity index (χ4n) is 2.99. The highest BCUT2D eigenvalue weighted by molar-refractivity contribution is 4.76. The van der Waals surface area contributed by atoms with Crippen molar-refractivity contribution in [3.05, 3.63) is 0 Å². The molecular formula is C15H31N. The summed E-state index contributed by atoms with van der Waals surface area (Å²) in [5, 5.41) is 0. The monoisotopic (exact) mass is 225 g/mol. The molecule has 0 unspecified atom stereocenters. The van der Waals surface area contributed by atoms with Crippen LogP contribution in [0.15, 0.2) is 0 Å². The second-order valence-electron chi connectivity index (χ2n) is 5.84. The van der Waals surface area contributed by atoms with Crippen LogP contribution in [0.2, 0.25) is 0 Å². The molecule has 1 heteroatoms. The Morgan fingerprint density at radius 1 is 0.875 bits per heavy atom. The third kappa shape index (κ3) is 5.34. The van der Waals surface area contributed by atoms with Gasteiger partial charge in [-0.3, -0.25) is 0 Å². The molecular weight excluding hydrogens is 194 g/mol. The molecule has 0 aromatic heterocycles. The molecule has 1 fully saturated rings. The van der Waals surface area contributed by atoms with Gasteiger partial charge in [0.15, 0.2) is 0 Å². The third-order valence-electron chi connectivity index (χ3n) is 4.26. The Morgan fingerprint density at radius 3 is 2.06 bits per heavy atom. The van der Waals surface area contributed by atoms with Crippen molar-refractivity contribution in [2.45, 2.75) is 77.2 Å². The molecule has 0 heterocycles. The van der Waals surface area contributed by atoms with E-state index in [1.165, 1.54) is 64.2 Å². The zero-order valence-electron chi connectivity index (χ0n) is 11.7. The summed E-state index contributed by atoms with van der Waals surface area (Å²) in [6.07, 6.45) is 14.6. The van der Waals surface area contributed by atoms with Crippen molar-refractivity contribution in [1.29, 1.82) is 0 Å². The van der Waals surface area contributed by atoms with Gasteiger partial charge in [0, 0.05) is 6.04 Å². The van der Waals surface area contributed by atoms with E-state index in [1.54, 1.807) is 0 Å². The second-order valence-corrected chi connectivity index (χ2v) is 5.84. The van der Waals surface area contributed by atoms with Crippen LogP contribution in [-0.2, 0) is 0 Å². The molecule has 0 amide bonds. The van der Waals surface area contributed by atoms with Crippen molar-refractivity contribution in [1.82, 2.24) is 4.90 Å². The summed E-state index contributed by atoms with van der Waals surface area (Å²) < 4.78 is 0. The van der Waals surface area contributed by atoms with E-state index in [1.807, 2.05) is 0 Å². The lowest BCUT2D eigenvalue weighted by atomic mass is 9.82. The SMILES string of the molecule is CCCCCCCC1CCC(N(C)C)CC1. The Bertz CT molecular complexity index is 157. The standard InChI is InChI=1S/C15H31N/c1-4-5-6-7-8-9-14-10-12-15(13-11-14)16(2)3/h14-15H,4-13H2,1-3H3. The number of hydrogen-bond donors (Lipinski definition) is 0. The summed E-state index contributed by atoms with van der Waals surface area (Å²) in [5.74, 6) is 1.05. The molecule has 16 heavy (non-hydrogen) atoms. The molecule has 1 rings (SSSR count). The maximum atomic E-state index is 2.41. The largest absolute Gasteiger partial charge is 0.306 e. The van der Waals surface area contributed by atoms with Gasteiger partial charge in [-0.2, -0.15) is 0 Å². The quantitative estimate of drug-likeness (QED) is 0.578. The lowest BCUT2D eigenvalue weighted by molar-refractivity contribution is 0.187. The Morgan fingerprint density at radius 2 is 1.50 bits per heavy atom. The van der Waals surface area contributed by atoms with Gasteiger partial charge in [0.2, 0.25) is 0 Å². The van der Waals surface area contributed by atoms with Crippen LogP contribution in [0.1, 0.15) is 71.1 Å². The molecule has 1 aliphatic carbocycles. The molecule has 1 nitrogen and oxygen atoms in total. The third-order valence-corrected chi connectivity index (χ3v) is 4.26. The first kappa shape index (κ1) is 14.0. The van der Waals surface area contributed by atoms with Crippen molar-refractivity contribution in [3.8, 4) is 0 Å². The van der Waals surface area contributed by atoms with Gasteiger partial charge in [0.1, 0.15) is 0 Å². The molecule has 0 atom stereocenters. The fourth-order valence-corrected chi connectivity index (χ4v) is 2.99. The molecule has 0 N–H and O–H groups in total. The Labute approximate surface area is 103 Å². The van der Waals surface area contributed by atoms with Crippen LogP contribution < -0.4 is 0 Å². The minimum Gasteiger partial charge on any atom is -0.306 e. The van der Waals surface area contributed by atoms with E-state index in [0.717, 1.165) is 12.0 Å². The van der Waals surface area contributed by atoms with Crippen molar-refractivity contribution in [3.63, 3.8) is 0 Å². The van der Waals surface area contributed by atoms with E-state index < -0.39 is 0 Å². The zero-order valence-corrected chi connectivity index (χ0v) is 11.7. The van der Waals surface area contributed by atoms with Crippen molar-refractivity contribution >= 4 is 0 Å². The molecule has 0 bridgehead atoms. The van der Waals surface area contributed by atoms with Gasteiger partial charge in [-0.25, -0.2) is 0 Å². The lowest BCUT2D eigenvalue weighted by Crippen LogP contribution is -2.32. The zero-order chi connectivity index (χ0) is 11.8. The first-order valence-corrected chi connectivity index (χ1v) is 7.40. The maximum absolute atomic E-state index is 2.41. The van der Waals surface area contributed by atoms with Crippen LogP contribution in [-0.4, -0.2) is 25.0 Å². The van der Waals surface area contributed by atoms with Gasteiger partial charge in [-0.1, -0.05) is 45.4 Å². The summed E-state index contributed by atoms with van der Waals surface area (Å²) in [4.78, 5) is 2.41. The molecule has 0 aromatic carbocycles. The number of rotatable bonds is 7. The maximum Gasteiger partial charge on any atom is 0.00893 e. The highest BCUT2D eigenvalue weighted by Gasteiger charge is 2.21. The first-order valence-electron chi connectivity index (χ1n) is 7.40. The molecule has 0 aromatic rings. The molecule has 0 spiro atoms. The molecule has 0 aliphatic heterocycles. The number of unbranched alkanes of at least 4 members (excludes halogenated alkanes) is 4. The summed E-state index contributed by atoms with van der Waals surface area (Å²) in [6, 6.07) is 0.872. The van der Waals surface area contributed by atoms with E-state index >= 15 is 0 Å². The van der Waals surface area contributed by atoms with Crippen LogP contribution in [0.5, 0.6) is 0 Å². The van der Waals surface area contributed by atoms with E-state index in [4.69, 9.17) is 0 Å². The molecule has 0 saturated heterocycles. The van der Waals surface area contributed by atoms with Gasteiger partial charge >= 0.3 is 0 Å². The van der Waals surface area contributed by atoms with E-state index in [-0.39, 0.29) is 0 Å². The minimum atomic E-state index is 0.872. The van der Waals surface area contributed by atoms with Crippen molar-refractivity contribution < 1.29 is 0 Å². The predicted molar refractivity (Wildman–Crippen MR) is 72.8 cm³/mol. The van der Waals surface area contributed by atoms with Crippen LogP contribution in [0, 0.1) is 5.92 Å². The lowest BCUT2D eigenvalue weighted by Gasteiger charge is -2.32. The summed E-state index contributed by atoms with van der Waals surface area (Å²) in [5.41, 5.74) is 0. The first-order chi connectivity index (χ1) is 7.74. The van der Waals surface area contributed by atoms with E-state index in [9.17, 15) is 0 Å². The molecule has 1 aliphatic rings.